The average Bonchev–Trinajstić information content (AvgIpc) is 2.60. The number of halogens is 2. The molecule has 0 saturated heterocycles. The largest absolute Gasteiger partial charge is 0.298 e. The van der Waals surface area contributed by atoms with Crippen LogP contribution in [0.15, 0.2) is 33.5 Å². The zero-order valence-electron chi connectivity index (χ0n) is 10.2. The highest BCUT2D eigenvalue weighted by molar-refractivity contribution is 9.10. The second-order valence-electron chi connectivity index (χ2n) is 4.51. The van der Waals surface area contributed by atoms with Crippen molar-refractivity contribution in [2.24, 2.45) is 0 Å². The highest BCUT2D eigenvalue weighted by atomic mass is 79.9. The van der Waals surface area contributed by atoms with Crippen LogP contribution in [0.1, 0.15) is 31.0 Å². The van der Waals surface area contributed by atoms with Crippen molar-refractivity contribution in [3.8, 4) is 0 Å². The van der Waals surface area contributed by atoms with E-state index in [1.807, 2.05) is 38.1 Å². The van der Waals surface area contributed by atoms with Gasteiger partial charge in [0.15, 0.2) is 0 Å². The van der Waals surface area contributed by atoms with Crippen LogP contribution in [-0.4, -0.2) is 9.78 Å². The van der Waals surface area contributed by atoms with Crippen molar-refractivity contribution in [2.75, 3.05) is 0 Å². The van der Waals surface area contributed by atoms with Crippen molar-refractivity contribution < 1.29 is 0 Å². The Balaban J connectivity index is 2.32. The van der Waals surface area contributed by atoms with E-state index in [0.29, 0.717) is 16.0 Å². The Bertz CT molecular complexity index is 598. The Kier molecular flexibility index (Phi) is 3.97. The van der Waals surface area contributed by atoms with Crippen LogP contribution in [-0.2, 0) is 6.54 Å². The maximum atomic E-state index is 12.0. The second kappa shape index (κ2) is 5.33. The fourth-order valence-corrected chi connectivity index (χ4v) is 2.63. The summed E-state index contributed by atoms with van der Waals surface area (Å²) >= 11 is 9.17. The molecule has 2 aromatic rings. The average molecular weight is 330 g/mol. The number of rotatable bonds is 3. The molecule has 5 heteroatoms. The zero-order valence-corrected chi connectivity index (χ0v) is 12.5. The van der Waals surface area contributed by atoms with Crippen molar-refractivity contribution in [3.05, 3.63) is 55.4 Å². The van der Waals surface area contributed by atoms with E-state index in [9.17, 15) is 4.79 Å². The molecule has 1 N–H and O–H groups in total. The minimum Gasteiger partial charge on any atom is -0.298 e. The summed E-state index contributed by atoms with van der Waals surface area (Å²) in [5.41, 5.74) is 1.92. The summed E-state index contributed by atoms with van der Waals surface area (Å²) < 4.78 is 2.22. The summed E-state index contributed by atoms with van der Waals surface area (Å²) in [6.45, 7) is 4.60. The Morgan fingerprint density at radius 1 is 1.33 bits per heavy atom. The van der Waals surface area contributed by atoms with E-state index < -0.39 is 0 Å². The SMILES string of the molecule is CC(C)c1[nH]n(Cc2ccc(Cl)cc2)c(=O)c1Br. The third kappa shape index (κ3) is 2.70. The zero-order chi connectivity index (χ0) is 13.3. The summed E-state index contributed by atoms with van der Waals surface area (Å²) in [5, 5.41) is 3.83. The number of aromatic nitrogens is 2. The van der Waals surface area contributed by atoms with Crippen LogP contribution in [0.25, 0.3) is 0 Å². The van der Waals surface area contributed by atoms with Gasteiger partial charge in [-0.25, -0.2) is 4.68 Å². The predicted octanol–water partition coefficient (Wildman–Crippen LogP) is 3.76. The van der Waals surface area contributed by atoms with Crippen molar-refractivity contribution in [2.45, 2.75) is 26.3 Å². The number of nitrogens with one attached hydrogen (secondary N) is 1. The predicted molar refractivity (Wildman–Crippen MR) is 77.4 cm³/mol. The normalized spacial score (nSPS) is 11.2. The Labute approximate surface area is 119 Å². The van der Waals surface area contributed by atoms with E-state index in [2.05, 4.69) is 21.0 Å². The lowest BCUT2D eigenvalue weighted by atomic mass is 10.1. The summed E-state index contributed by atoms with van der Waals surface area (Å²) in [4.78, 5) is 12.0. The summed E-state index contributed by atoms with van der Waals surface area (Å²) in [5.74, 6) is 0.276. The molecule has 1 aromatic carbocycles. The smallest absolute Gasteiger partial charge is 0.281 e. The van der Waals surface area contributed by atoms with Crippen LogP contribution in [0.4, 0.5) is 0 Å². The Morgan fingerprint density at radius 3 is 2.44 bits per heavy atom. The lowest BCUT2D eigenvalue weighted by Crippen LogP contribution is -2.17. The van der Waals surface area contributed by atoms with Crippen molar-refractivity contribution in [1.29, 1.82) is 0 Å². The quantitative estimate of drug-likeness (QED) is 0.914. The molecule has 96 valence electrons. The standard InChI is InChI=1S/C13H14BrClN2O/c1-8(2)12-11(14)13(18)17(16-12)7-9-3-5-10(15)6-4-9/h3-6,8,16H,7H2,1-2H3. The molecule has 3 nitrogen and oxygen atoms in total. The van der Waals surface area contributed by atoms with Crippen LogP contribution < -0.4 is 5.56 Å². The van der Waals surface area contributed by atoms with Crippen LogP contribution in [0.3, 0.4) is 0 Å². The molecule has 0 spiro atoms. The number of hydrogen-bond acceptors (Lipinski definition) is 1. The van der Waals surface area contributed by atoms with Gasteiger partial charge in [-0.15, -0.1) is 0 Å². The lowest BCUT2D eigenvalue weighted by Gasteiger charge is -2.04. The van der Waals surface area contributed by atoms with E-state index >= 15 is 0 Å². The van der Waals surface area contributed by atoms with E-state index in [0.717, 1.165) is 11.3 Å². The second-order valence-corrected chi connectivity index (χ2v) is 5.74. The van der Waals surface area contributed by atoms with Crippen LogP contribution in [0.2, 0.25) is 5.02 Å². The summed E-state index contributed by atoms with van der Waals surface area (Å²) in [7, 11) is 0. The van der Waals surface area contributed by atoms with E-state index in [1.165, 1.54) is 0 Å². The van der Waals surface area contributed by atoms with Gasteiger partial charge < -0.3 is 0 Å². The molecule has 1 heterocycles. The number of H-pyrrole nitrogens is 1. The molecule has 18 heavy (non-hydrogen) atoms. The lowest BCUT2D eigenvalue weighted by molar-refractivity contribution is 0.640. The van der Waals surface area contributed by atoms with E-state index in [4.69, 9.17) is 11.6 Å². The van der Waals surface area contributed by atoms with Crippen molar-refractivity contribution in [1.82, 2.24) is 9.78 Å². The number of nitrogens with zero attached hydrogens (tertiary/aromatic N) is 1. The van der Waals surface area contributed by atoms with E-state index in [-0.39, 0.29) is 11.5 Å². The first-order chi connectivity index (χ1) is 8.49. The maximum absolute atomic E-state index is 12.0. The van der Waals surface area contributed by atoms with Gasteiger partial charge in [-0.3, -0.25) is 9.89 Å². The van der Waals surface area contributed by atoms with Crippen molar-refractivity contribution in [3.63, 3.8) is 0 Å². The summed E-state index contributed by atoms with van der Waals surface area (Å²) in [6, 6.07) is 7.48. The molecule has 0 atom stereocenters. The minimum absolute atomic E-state index is 0.0337. The summed E-state index contributed by atoms with van der Waals surface area (Å²) in [6.07, 6.45) is 0. The van der Waals surface area contributed by atoms with Gasteiger partial charge in [0.2, 0.25) is 0 Å². The van der Waals surface area contributed by atoms with Crippen LogP contribution in [0.5, 0.6) is 0 Å². The monoisotopic (exact) mass is 328 g/mol. The first-order valence-electron chi connectivity index (χ1n) is 5.71. The maximum Gasteiger partial charge on any atom is 0.281 e. The van der Waals surface area contributed by atoms with Crippen LogP contribution >= 0.6 is 27.5 Å². The fraction of sp³-hybridized carbons (Fsp3) is 0.308. The van der Waals surface area contributed by atoms with E-state index in [1.54, 1.807) is 4.68 Å². The van der Waals surface area contributed by atoms with Gasteiger partial charge in [-0.1, -0.05) is 37.6 Å². The molecular weight excluding hydrogens is 316 g/mol. The molecule has 0 bridgehead atoms. The highest BCUT2D eigenvalue weighted by Crippen LogP contribution is 2.19. The number of benzene rings is 1. The minimum atomic E-state index is -0.0337. The molecular formula is C13H14BrClN2O. The first-order valence-corrected chi connectivity index (χ1v) is 6.88. The van der Waals surface area contributed by atoms with Gasteiger partial charge in [0.25, 0.3) is 5.56 Å². The van der Waals surface area contributed by atoms with Gasteiger partial charge >= 0.3 is 0 Å². The third-order valence-electron chi connectivity index (χ3n) is 2.76. The number of aromatic amines is 1. The molecule has 0 fully saturated rings. The van der Waals surface area contributed by atoms with Crippen LogP contribution in [0, 0.1) is 0 Å². The molecule has 0 amide bonds. The van der Waals surface area contributed by atoms with Gasteiger partial charge in [-0.05, 0) is 39.5 Å². The topological polar surface area (TPSA) is 37.8 Å². The van der Waals surface area contributed by atoms with Gasteiger partial charge in [0.1, 0.15) is 4.47 Å². The van der Waals surface area contributed by atoms with Gasteiger partial charge in [-0.2, -0.15) is 0 Å². The number of hydrogen-bond donors (Lipinski definition) is 1. The highest BCUT2D eigenvalue weighted by Gasteiger charge is 2.14. The molecule has 0 radical (unpaired) electrons. The van der Waals surface area contributed by atoms with Gasteiger partial charge in [0, 0.05) is 5.02 Å². The Hall–Kier alpha value is -1.00. The third-order valence-corrected chi connectivity index (χ3v) is 3.77. The molecule has 0 saturated carbocycles. The molecule has 1 aromatic heterocycles. The van der Waals surface area contributed by atoms with Crippen molar-refractivity contribution >= 4 is 27.5 Å². The van der Waals surface area contributed by atoms with Gasteiger partial charge in [0.05, 0.1) is 12.2 Å². The molecule has 0 aliphatic rings. The molecule has 0 unspecified atom stereocenters. The molecule has 0 aliphatic heterocycles. The Morgan fingerprint density at radius 2 is 1.94 bits per heavy atom. The molecule has 0 aliphatic carbocycles. The fourth-order valence-electron chi connectivity index (χ4n) is 1.75. The first kappa shape index (κ1) is 13.4. The molecule has 2 rings (SSSR count).